The molecular formula is C15H24N2O3. The van der Waals surface area contributed by atoms with Crippen LogP contribution < -0.4 is 5.32 Å². The quantitative estimate of drug-likeness (QED) is 0.721. The van der Waals surface area contributed by atoms with E-state index in [9.17, 15) is 4.79 Å². The van der Waals surface area contributed by atoms with Crippen LogP contribution in [0.3, 0.4) is 0 Å². The van der Waals surface area contributed by atoms with Gasteiger partial charge in [0.05, 0.1) is 0 Å². The lowest BCUT2D eigenvalue weighted by Gasteiger charge is -2.19. The van der Waals surface area contributed by atoms with Crippen LogP contribution in [0.25, 0.3) is 0 Å². The van der Waals surface area contributed by atoms with E-state index in [0.29, 0.717) is 6.54 Å². The second kappa shape index (κ2) is 10.2. The van der Waals surface area contributed by atoms with E-state index in [1.54, 1.807) is 0 Å². The summed E-state index contributed by atoms with van der Waals surface area (Å²) in [5.41, 5.74) is 0.973. The maximum atomic E-state index is 11.5. The van der Waals surface area contributed by atoms with E-state index in [-0.39, 0.29) is 13.2 Å². The van der Waals surface area contributed by atoms with Gasteiger partial charge in [-0.3, -0.25) is 0 Å². The normalized spacial score (nSPS) is 10.6. The van der Waals surface area contributed by atoms with Gasteiger partial charge in [-0.2, -0.15) is 0 Å². The molecule has 0 saturated heterocycles. The Labute approximate surface area is 120 Å². The van der Waals surface area contributed by atoms with Crippen LogP contribution in [0.1, 0.15) is 18.9 Å². The summed E-state index contributed by atoms with van der Waals surface area (Å²) < 4.78 is 5.12. The molecule has 0 heterocycles. The lowest BCUT2D eigenvalue weighted by molar-refractivity contribution is 0.137. The summed E-state index contributed by atoms with van der Waals surface area (Å²) in [7, 11) is 0. The van der Waals surface area contributed by atoms with Crippen molar-refractivity contribution in [1.29, 1.82) is 0 Å². The molecule has 0 spiro atoms. The highest BCUT2D eigenvalue weighted by Gasteiger charge is 2.05. The summed E-state index contributed by atoms with van der Waals surface area (Å²) in [6.45, 7) is 5.60. The molecule has 0 atom stereocenters. The number of hydrogen-bond acceptors (Lipinski definition) is 4. The van der Waals surface area contributed by atoms with Crippen LogP contribution in [-0.2, 0) is 11.3 Å². The third kappa shape index (κ3) is 7.11. The Morgan fingerprint density at radius 3 is 2.70 bits per heavy atom. The number of carbonyl (C=O) groups excluding carboxylic acids is 1. The van der Waals surface area contributed by atoms with E-state index >= 15 is 0 Å². The molecule has 2 N–H and O–H groups in total. The molecule has 0 bridgehead atoms. The van der Waals surface area contributed by atoms with Crippen molar-refractivity contribution in [3.63, 3.8) is 0 Å². The Morgan fingerprint density at radius 2 is 2.05 bits per heavy atom. The lowest BCUT2D eigenvalue weighted by atomic mass is 10.2. The zero-order valence-corrected chi connectivity index (χ0v) is 12.0. The van der Waals surface area contributed by atoms with Gasteiger partial charge in [0.25, 0.3) is 0 Å². The molecule has 112 valence electrons. The second-order valence-corrected chi connectivity index (χ2v) is 4.50. The van der Waals surface area contributed by atoms with Crippen molar-refractivity contribution in [2.24, 2.45) is 0 Å². The Morgan fingerprint density at radius 1 is 1.30 bits per heavy atom. The van der Waals surface area contributed by atoms with Gasteiger partial charge in [0.1, 0.15) is 6.61 Å². The van der Waals surface area contributed by atoms with Crippen LogP contribution >= 0.6 is 0 Å². The topological polar surface area (TPSA) is 61.8 Å². The molecular weight excluding hydrogens is 256 g/mol. The molecule has 0 saturated carbocycles. The fourth-order valence-corrected chi connectivity index (χ4v) is 1.81. The molecule has 0 aliphatic carbocycles. The van der Waals surface area contributed by atoms with Crippen LogP contribution in [0.2, 0.25) is 0 Å². The molecule has 1 amide bonds. The molecule has 0 aliphatic heterocycles. The van der Waals surface area contributed by atoms with Gasteiger partial charge >= 0.3 is 6.09 Å². The Kier molecular flexibility index (Phi) is 8.42. The number of nitrogens with one attached hydrogen (secondary N) is 1. The maximum Gasteiger partial charge on any atom is 0.407 e. The number of rotatable bonds is 9. The minimum Gasteiger partial charge on any atom is -0.445 e. The average molecular weight is 280 g/mol. The number of nitrogens with zero attached hydrogens (tertiary/aromatic N) is 1. The maximum absolute atomic E-state index is 11.5. The van der Waals surface area contributed by atoms with Crippen LogP contribution in [0.15, 0.2) is 30.3 Å². The molecule has 0 fully saturated rings. The standard InChI is InChI=1S/C15H24N2O3/c1-2-17(10-6-12-18)11-9-16-15(19)20-13-14-7-4-3-5-8-14/h3-5,7-8,18H,2,6,9-13H2,1H3,(H,16,19). The highest BCUT2D eigenvalue weighted by molar-refractivity contribution is 5.67. The van der Waals surface area contributed by atoms with Gasteiger partial charge in [-0.1, -0.05) is 37.3 Å². The van der Waals surface area contributed by atoms with Crippen molar-refractivity contribution in [2.75, 3.05) is 32.8 Å². The lowest BCUT2D eigenvalue weighted by Crippen LogP contribution is -2.35. The Balaban J connectivity index is 2.13. The first kappa shape index (κ1) is 16.5. The van der Waals surface area contributed by atoms with Crippen molar-refractivity contribution in [2.45, 2.75) is 20.0 Å². The zero-order chi connectivity index (χ0) is 14.6. The van der Waals surface area contributed by atoms with E-state index in [0.717, 1.165) is 31.6 Å². The number of likely N-dealkylation sites (N-methyl/N-ethyl adjacent to an activating group) is 1. The summed E-state index contributed by atoms with van der Waals surface area (Å²) in [4.78, 5) is 13.7. The summed E-state index contributed by atoms with van der Waals surface area (Å²) in [6, 6.07) is 9.59. The minimum atomic E-state index is -0.396. The first-order valence-electron chi connectivity index (χ1n) is 7.04. The van der Waals surface area contributed by atoms with E-state index < -0.39 is 6.09 Å². The predicted octanol–water partition coefficient (Wildman–Crippen LogP) is 1.62. The van der Waals surface area contributed by atoms with Crippen molar-refractivity contribution in [1.82, 2.24) is 10.2 Å². The number of aliphatic hydroxyl groups excluding tert-OH is 1. The molecule has 0 aliphatic rings. The van der Waals surface area contributed by atoms with Gasteiger partial charge < -0.3 is 20.1 Å². The summed E-state index contributed by atoms with van der Waals surface area (Å²) >= 11 is 0. The molecule has 5 heteroatoms. The average Bonchev–Trinajstić information content (AvgIpc) is 2.49. The van der Waals surface area contributed by atoms with E-state index in [1.807, 2.05) is 30.3 Å². The fraction of sp³-hybridized carbons (Fsp3) is 0.533. The van der Waals surface area contributed by atoms with Crippen molar-refractivity contribution >= 4 is 6.09 Å². The number of ether oxygens (including phenoxy) is 1. The van der Waals surface area contributed by atoms with Crippen molar-refractivity contribution < 1.29 is 14.6 Å². The first-order chi connectivity index (χ1) is 9.76. The van der Waals surface area contributed by atoms with Gasteiger partial charge in [-0.05, 0) is 18.5 Å². The number of carbonyl (C=O) groups is 1. The molecule has 5 nitrogen and oxygen atoms in total. The predicted molar refractivity (Wildman–Crippen MR) is 78.4 cm³/mol. The van der Waals surface area contributed by atoms with Crippen LogP contribution in [0.4, 0.5) is 4.79 Å². The monoisotopic (exact) mass is 280 g/mol. The molecule has 1 rings (SSSR count). The minimum absolute atomic E-state index is 0.197. The molecule has 20 heavy (non-hydrogen) atoms. The Hall–Kier alpha value is -1.59. The second-order valence-electron chi connectivity index (χ2n) is 4.50. The molecule has 0 unspecified atom stereocenters. The highest BCUT2D eigenvalue weighted by Crippen LogP contribution is 2.00. The number of alkyl carbamates (subject to hydrolysis) is 1. The van der Waals surface area contributed by atoms with Crippen molar-refractivity contribution in [3.8, 4) is 0 Å². The number of hydrogen-bond donors (Lipinski definition) is 2. The zero-order valence-electron chi connectivity index (χ0n) is 12.0. The SMILES string of the molecule is CCN(CCCO)CCNC(=O)OCc1ccccc1. The number of benzene rings is 1. The van der Waals surface area contributed by atoms with E-state index in [1.165, 1.54) is 0 Å². The molecule has 0 aromatic heterocycles. The van der Waals surface area contributed by atoms with Gasteiger partial charge in [-0.15, -0.1) is 0 Å². The van der Waals surface area contributed by atoms with Gasteiger partial charge in [0.2, 0.25) is 0 Å². The third-order valence-electron chi connectivity index (χ3n) is 2.99. The number of aliphatic hydroxyl groups is 1. The third-order valence-corrected chi connectivity index (χ3v) is 2.99. The molecule has 0 radical (unpaired) electrons. The fourth-order valence-electron chi connectivity index (χ4n) is 1.81. The Bertz CT molecular complexity index is 371. The van der Waals surface area contributed by atoms with Crippen molar-refractivity contribution in [3.05, 3.63) is 35.9 Å². The van der Waals surface area contributed by atoms with Gasteiger partial charge in [0.15, 0.2) is 0 Å². The molecule has 1 aromatic rings. The van der Waals surface area contributed by atoms with Gasteiger partial charge in [-0.25, -0.2) is 4.79 Å². The van der Waals surface area contributed by atoms with Gasteiger partial charge in [0, 0.05) is 26.2 Å². The summed E-state index contributed by atoms with van der Waals surface area (Å²) in [5.74, 6) is 0. The largest absolute Gasteiger partial charge is 0.445 e. The van der Waals surface area contributed by atoms with E-state index in [2.05, 4.69) is 17.1 Å². The van der Waals surface area contributed by atoms with Crippen LogP contribution in [0, 0.1) is 0 Å². The van der Waals surface area contributed by atoms with Crippen LogP contribution in [0.5, 0.6) is 0 Å². The summed E-state index contributed by atoms with van der Waals surface area (Å²) in [5, 5.41) is 11.5. The van der Waals surface area contributed by atoms with Crippen LogP contribution in [-0.4, -0.2) is 48.9 Å². The summed E-state index contributed by atoms with van der Waals surface area (Å²) in [6.07, 6.45) is 0.360. The highest BCUT2D eigenvalue weighted by atomic mass is 16.5. The first-order valence-corrected chi connectivity index (χ1v) is 7.04. The smallest absolute Gasteiger partial charge is 0.407 e. The molecule has 1 aromatic carbocycles. The van der Waals surface area contributed by atoms with E-state index in [4.69, 9.17) is 9.84 Å². The number of amides is 1.